The van der Waals surface area contributed by atoms with E-state index >= 15 is 0 Å². The van der Waals surface area contributed by atoms with Gasteiger partial charge < -0.3 is 4.74 Å². The second kappa shape index (κ2) is 2.04. The summed E-state index contributed by atoms with van der Waals surface area (Å²) in [6, 6.07) is 0. The Kier molecular flexibility index (Phi) is 1.40. The zero-order valence-corrected chi connectivity index (χ0v) is 7.69. The van der Waals surface area contributed by atoms with Gasteiger partial charge in [-0.05, 0) is 26.2 Å². The molecule has 13 heavy (non-hydrogen) atoms. The third-order valence-corrected chi connectivity index (χ3v) is 3.58. The Morgan fingerprint density at radius 1 is 1.38 bits per heavy atom. The summed E-state index contributed by atoms with van der Waals surface area (Å²) in [6.45, 7) is 0.938. The summed E-state index contributed by atoms with van der Waals surface area (Å²) in [5.74, 6) is -2.97. The average molecular weight is 190 g/mol. The number of hydrogen-bond donors (Lipinski definition) is 0. The predicted octanol–water partition coefficient (Wildman–Crippen LogP) is 1.98. The lowest BCUT2D eigenvalue weighted by Crippen LogP contribution is -2.71. The molecule has 0 aromatic carbocycles. The van der Waals surface area contributed by atoms with Crippen LogP contribution in [0.2, 0.25) is 0 Å². The molecule has 0 spiro atoms. The van der Waals surface area contributed by atoms with Gasteiger partial charge in [-0.1, -0.05) is 0 Å². The van der Waals surface area contributed by atoms with Gasteiger partial charge in [0.2, 0.25) is 0 Å². The molecule has 3 fully saturated rings. The second-order valence-corrected chi connectivity index (χ2v) is 4.47. The lowest BCUT2D eigenvalue weighted by atomic mass is 9.33. The third kappa shape index (κ3) is 0.837. The largest absolute Gasteiger partial charge is 0.469 e. The maximum atomic E-state index is 13.0. The van der Waals surface area contributed by atoms with E-state index in [2.05, 4.69) is 4.74 Å². The number of methoxy groups -OCH3 is 1. The Morgan fingerprint density at radius 2 is 1.85 bits per heavy atom. The molecule has 0 aromatic rings. The highest BCUT2D eigenvalue weighted by atomic mass is 19.3. The van der Waals surface area contributed by atoms with Crippen molar-refractivity contribution in [3.63, 3.8) is 0 Å². The molecular formula is C9H12F2O2. The molecular weight excluding hydrogens is 178 g/mol. The van der Waals surface area contributed by atoms with E-state index < -0.39 is 16.8 Å². The van der Waals surface area contributed by atoms with Gasteiger partial charge in [-0.25, -0.2) is 8.78 Å². The summed E-state index contributed by atoms with van der Waals surface area (Å²) in [5, 5.41) is 0. The lowest BCUT2D eigenvalue weighted by molar-refractivity contribution is -0.303. The van der Waals surface area contributed by atoms with Crippen LogP contribution in [-0.4, -0.2) is 19.0 Å². The summed E-state index contributed by atoms with van der Waals surface area (Å²) in [4.78, 5) is 11.2. The highest BCUT2D eigenvalue weighted by Crippen LogP contribution is 2.78. The van der Waals surface area contributed by atoms with Crippen LogP contribution in [0.3, 0.4) is 0 Å². The van der Waals surface area contributed by atoms with Crippen LogP contribution in [0.15, 0.2) is 0 Å². The number of hydrogen-bond acceptors (Lipinski definition) is 2. The number of alkyl halides is 2. The van der Waals surface area contributed by atoms with E-state index in [0.29, 0.717) is 19.3 Å². The van der Waals surface area contributed by atoms with Gasteiger partial charge in [-0.2, -0.15) is 0 Å². The molecule has 4 heteroatoms. The van der Waals surface area contributed by atoms with Crippen molar-refractivity contribution in [2.24, 2.45) is 10.8 Å². The van der Waals surface area contributed by atoms with Gasteiger partial charge in [0.1, 0.15) is 0 Å². The van der Waals surface area contributed by atoms with Crippen LogP contribution in [0.25, 0.3) is 0 Å². The summed E-state index contributed by atoms with van der Waals surface area (Å²) in [7, 11) is 1.31. The van der Waals surface area contributed by atoms with Crippen LogP contribution in [0.5, 0.6) is 0 Å². The molecule has 0 radical (unpaired) electrons. The number of carbonyl (C=O) groups is 1. The fraction of sp³-hybridized carbons (Fsp3) is 0.889. The van der Waals surface area contributed by atoms with E-state index in [9.17, 15) is 13.6 Å². The van der Waals surface area contributed by atoms with Crippen molar-refractivity contribution in [1.29, 1.82) is 0 Å². The molecule has 0 unspecified atom stereocenters. The van der Waals surface area contributed by atoms with E-state index in [1.165, 1.54) is 7.11 Å². The van der Waals surface area contributed by atoms with Crippen molar-refractivity contribution >= 4 is 5.97 Å². The highest BCUT2D eigenvalue weighted by molar-refractivity contribution is 5.81. The third-order valence-electron chi connectivity index (χ3n) is 3.58. The predicted molar refractivity (Wildman–Crippen MR) is 41.4 cm³/mol. The SMILES string of the molecule is COC(=O)C12CC(C(C)(F)F)(C1)C2. The minimum Gasteiger partial charge on any atom is -0.469 e. The molecule has 0 N–H and O–H groups in total. The zero-order chi connectivity index (χ0) is 9.91. The van der Waals surface area contributed by atoms with Crippen LogP contribution in [-0.2, 0) is 9.53 Å². The smallest absolute Gasteiger partial charge is 0.311 e. The summed E-state index contributed by atoms with van der Waals surface area (Å²) in [5.41, 5.74) is -1.44. The monoisotopic (exact) mass is 190 g/mol. The van der Waals surface area contributed by atoms with Gasteiger partial charge in [0.15, 0.2) is 0 Å². The van der Waals surface area contributed by atoms with Gasteiger partial charge >= 0.3 is 5.97 Å². The molecule has 3 aliphatic rings. The van der Waals surface area contributed by atoms with Gasteiger partial charge in [0.25, 0.3) is 5.92 Å². The Balaban J connectivity index is 2.04. The van der Waals surface area contributed by atoms with Crippen molar-refractivity contribution < 1.29 is 18.3 Å². The van der Waals surface area contributed by atoms with Crippen molar-refractivity contribution in [1.82, 2.24) is 0 Å². The van der Waals surface area contributed by atoms with Gasteiger partial charge in [0, 0.05) is 5.41 Å². The molecule has 3 saturated carbocycles. The molecule has 2 bridgehead atoms. The molecule has 2 nitrogen and oxygen atoms in total. The number of ether oxygens (including phenoxy) is 1. The Hall–Kier alpha value is -0.670. The van der Waals surface area contributed by atoms with Crippen molar-refractivity contribution in [3.8, 4) is 0 Å². The van der Waals surface area contributed by atoms with E-state index in [0.717, 1.165) is 6.92 Å². The minimum absolute atomic E-state index is 0.302. The Bertz CT molecular complexity index is 248. The number of carbonyl (C=O) groups excluding carboxylic acids is 1. The Labute approximate surface area is 75.3 Å². The van der Waals surface area contributed by atoms with Gasteiger partial charge in [0.05, 0.1) is 12.5 Å². The van der Waals surface area contributed by atoms with Gasteiger partial charge in [-0.15, -0.1) is 0 Å². The average Bonchev–Trinajstić information content (AvgIpc) is 1.77. The molecule has 3 rings (SSSR count). The highest BCUT2D eigenvalue weighted by Gasteiger charge is 2.79. The normalized spacial score (nSPS) is 41.8. The molecule has 0 atom stereocenters. The topological polar surface area (TPSA) is 26.3 Å². The van der Waals surface area contributed by atoms with Crippen LogP contribution >= 0.6 is 0 Å². The van der Waals surface area contributed by atoms with E-state index in [1.54, 1.807) is 0 Å². The van der Waals surface area contributed by atoms with E-state index in [-0.39, 0.29) is 5.97 Å². The van der Waals surface area contributed by atoms with Crippen molar-refractivity contribution in [2.45, 2.75) is 32.1 Å². The maximum absolute atomic E-state index is 13.0. The van der Waals surface area contributed by atoms with Crippen LogP contribution < -0.4 is 0 Å². The fourth-order valence-corrected chi connectivity index (χ4v) is 2.69. The van der Waals surface area contributed by atoms with Crippen LogP contribution in [0, 0.1) is 10.8 Å². The first kappa shape index (κ1) is 8.91. The van der Waals surface area contributed by atoms with Crippen molar-refractivity contribution in [2.75, 3.05) is 7.11 Å². The lowest BCUT2D eigenvalue weighted by Gasteiger charge is -2.70. The minimum atomic E-state index is -2.65. The zero-order valence-electron chi connectivity index (χ0n) is 7.69. The summed E-state index contributed by atoms with van der Waals surface area (Å²) < 4.78 is 30.5. The summed E-state index contributed by atoms with van der Waals surface area (Å²) in [6.07, 6.45) is 0.905. The van der Waals surface area contributed by atoms with E-state index in [1.807, 2.05) is 0 Å². The molecule has 0 aromatic heterocycles. The quantitative estimate of drug-likeness (QED) is 0.622. The molecule has 3 aliphatic carbocycles. The first-order valence-electron chi connectivity index (χ1n) is 4.32. The first-order chi connectivity index (χ1) is 5.85. The number of rotatable bonds is 2. The second-order valence-electron chi connectivity index (χ2n) is 4.47. The van der Waals surface area contributed by atoms with Crippen LogP contribution in [0.1, 0.15) is 26.2 Å². The maximum Gasteiger partial charge on any atom is 0.311 e. The Morgan fingerprint density at radius 3 is 2.15 bits per heavy atom. The number of halogens is 2. The molecule has 0 heterocycles. The first-order valence-corrected chi connectivity index (χ1v) is 4.32. The molecule has 74 valence electrons. The molecule has 0 saturated heterocycles. The standard InChI is InChI=1S/C9H12F2O2/c1-7(10,11)9-3-8(4-9,5-9)6(12)13-2/h3-5H2,1-2H3. The van der Waals surface area contributed by atoms with E-state index in [4.69, 9.17) is 0 Å². The molecule has 0 amide bonds. The van der Waals surface area contributed by atoms with Gasteiger partial charge in [-0.3, -0.25) is 4.79 Å². The number of esters is 1. The van der Waals surface area contributed by atoms with Crippen LogP contribution in [0.4, 0.5) is 8.78 Å². The molecule has 0 aliphatic heterocycles. The summed E-state index contributed by atoms with van der Waals surface area (Å²) >= 11 is 0. The van der Waals surface area contributed by atoms with Crippen molar-refractivity contribution in [3.05, 3.63) is 0 Å². The fourth-order valence-electron chi connectivity index (χ4n) is 2.69.